The van der Waals surface area contributed by atoms with Gasteiger partial charge in [0.25, 0.3) is 0 Å². The summed E-state index contributed by atoms with van der Waals surface area (Å²) in [6, 6.07) is 4.76. The van der Waals surface area contributed by atoms with Gasteiger partial charge in [-0.2, -0.15) is 15.1 Å². The van der Waals surface area contributed by atoms with Crippen molar-refractivity contribution in [3.8, 4) is 17.1 Å². The molecule has 218 valence electrons. The van der Waals surface area contributed by atoms with Crippen molar-refractivity contribution in [1.29, 1.82) is 0 Å². The maximum atomic E-state index is 16.6. The Morgan fingerprint density at radius 1 is 1.19 bits per heavy atom. The third kappa shape index (κ3) is 4.20. The van der Waals surface area contributed by atoms with Crippen LogP contribution >= 0.6 is 11.6 Å². The molecule has 2 aromatic carbocycles. The smallest absolute Gasteiger partial charge is 0.319 e. The summed E-state index contributed by atoms with van der Waals surface area (Å²) in [5, 5.41) is 5.35. The molecule has 0 aliphatic carbocycles. The van der Waals surface area contributed by atoms with Gasteiger partial charge in [0, 0.05) is 66.6 Å². The van der Waals surface area contributed by atoms with Crippen LogP contribution in [0.1, 0.15) is 12.8 Å². The summed E-state index contributed by atoms with van der Waals surface area (Å²) in [6.45, 7) is 7.45. The van der Waals surface area contributed by atoms with Gasteiger partial charge in [0.2, 0.25) is 5.91 Å². The second kappa shape index (κ2) is 9.88. The Kier molecular flexibility index (Phi) is 6.36. The molecular weight excluding hydrogens is 564 g/mol. The van der Waals surface area contributed by atoms with Gasteiger partial charge in [-0.05, 0) is 50.7 Å². The van der Waals surface area contributed by atoms with E-state index in [4.69, 9.17) is 21.3 Å². The predicted molar refractivity (Wildman–Crippen MR) is 157 cm³/mol. The number of amides is 1. The molecule has 0 radical (unpaired) electrons. The topological polar surface area (TPSA) is 79.6 Å². The van der Waals surface area contributed by atoms with Gasteiger partial charge in [-0.15, -0.1) is 0 Å². The van der Waals surface area contributed by atoms with Crippen molar-refractivity contribution in [1.82, 2.24) is 29.5 Å². The van der Waals surface area contributed by atoms with E-state index in [1.54, 1.807) is 30.3 Å². The average molecular weight is 594 g/mol. The molecule has 0 bridgehead atoms. The van der Waals surface area contributed by atoms with E-state index in [1.807, 2.05) is 11.9 Å². The summed E-state index contributed by atoms with van der Waals surface area (Å²) < 4.78 is 39.6. The van der Waals surface area contributed by atoms with Gasteiger partial charge < -0.3 is 19.4 Å². The van der Waals surface area contributed by atoms with Gasteiger partial charge in [-0.1, -0.05) is 18.2 Å². The number of aryl methyl sites for hydroxylation is 1. The van der Waals surface area contributed by atoms with Gasteiger partial charge in [0.1, 0.15) is 23.8 Å². The van der Waals surface area contributed by atoms with Crippen LogP contribution in [0.3, 0.4) is 0 Å². The summed E-state index contributed by atoms with van der Waals surface area (Å²) in [4.78, 5) is 27.2. The van der Waals surface area contributed by atoms with Crippen molar-refractivity contribution >= 4 is 45.1 Å². The second-order valence-electron chi connectivity index (χ2n) is 11.7. The second-order valence-corrected chi connectivity index (χ2v) is 12.2. The lowest BCUT2D eigenvalue weighted by molar-refractivity contribution is -0.139. The third-order valence-electron chi connectivity index (χ3n) is 8.91. The van der Waals surface area contributed by atoms with Gasteiger partial charge in [0.05, 0.1) is 16.7 Å². The number of likely N-dealkylation sites (N-methyl/N-ethyl adjacent to an activating group) is 1. The first-order valence-corrected chi connectivity index (χ1v) is 14.4. The van der Waals surface area contributed by atoms with Gasteiger partial charge in [-0.25, -0.2) is 8.78 Å². The number of nitrogens with zero attached hydrogens (tertiary/aromatic N) is 7. The Hall–Kier alpha value is -3.83. The average Bonchev–Trinajstić information content (AvgIpc) is 3.51. The number of carbonyl (C=O) groups is 1. The highest BCUT2D eigenvalue weighted by Gasteiger charge is 2.53. The van der Waals surface area contributed by atoms with Crippen molar-refractivity contribution in [2.24, 2.45) is 12.5 Å². The molecule has 3 fully saturated rings. The zero-order chi connectivity index (χ0) is 29.3. The molecular formula is C30H30ClF2N7O2. The van der Waals surface area contributed by atoms with Crippen LogP contribution < -0.4 is 9.64 Å². The fraction of sp³-hybridized carbons (Fsp3) is 0.400. The molecule has 9 nitrogen and oxygen atoms in total. The van der Waals surface area contributed by atoms with Gasteiger partial charge in [-0.3, -0.25) is 9.48 Å². The molecule has 1 amide bonds. The first-order chi connectivity index (χ1) is 20.2. The molecule has 2 aromatic heterocycles. The van der Waals surface area contributed by atoms with E-state index >= 15 is 8.78 Å². The fourth-order valence-corrected chi connectivity index (χ4v) is 6.98. The predicted octanol–water partition coefficient (Wildman–Crippen LogP) is 4.42. The molecule has 3 aliphatic heterocycles. The number of anilines is 1. The molecule has 0 saturated carbocycles. The fourth-order valence-electron chi connectivity index (χ4n) is 6.70. The number of benzene rings is 2. The van der Waals surface area contributed by atoms with Crippen LogP contribution in [-0.2, 0) is 11.8 Å². The number of likely N-dealkylation sites (tertiary alicyclic amines) is 2. The summed E-state index contributed by atoms with van der Waals surface area (Å²) in [6.07, 6.45) is 5.00. The maximum absolute atomic E-state index is 16.6. The zero-order valence-corrected chi connectivity index (χ0v) is 24.2. The van der Waals surface area contributed by atoms with E-state index in [0.717, 1.165) is 19.4 Å². The lowest BCUT2D eigenvalue weighted by atomic mass is 9.72. The Balaban J connectivity index is 1.31. The van der Waals surface area contributed by atoms with Crippen molar-refractivity contribution < 1.29 is 18.3 Å². The zero-order valence-electron chi connectivity index (χ0n) is 23.4. The molecule has 42 heavy (non-hydrogen) atoms. The highest BCUT2D eigenvalue weighted by Crippen LogP contribution is 2.46. The van der Waals surface area contributed by atoms with Crippen molar-refractivity contribution in [2.75, 3.05) is 51.3 Å². The molecule has 1 spiro atoms. The number of fused-ring (bicyclic) bond motifs is 2. The Morgan fingerprint density at radius 2 is 1.98 bits per heavy atom. The molecule has 0 N–H and O–H groups in total. The third-order valence-corrected chi connectivity index (χ3v) is 9.21. The molecule has 0 unspecified atom stereocenters. The number of halogens is 3. The van der Waals surface area contributed by atoms with Crippen molar-refractivity contribution in [2.45, 2.75) is 18.9 Å². The van der Waals surface area contributed by atoms with Crippen LogP contribution in [0.15, 0.2) is 37.1 Å². The number of ether oxygens (including phenoxy) is 1. The minimum atomic E-state index is -0.752. The van der Waals surface area contributed by atoms with E-state index in [2.05, 4.69) is 21.6 Å². The number of hydrogen-bond donors (Lipinski definition) is 0. The Morgan fingerprint density at radius 3 is 2.69 bits per heavy atom. The number of carbonyl (C=O) groups excluding carboxylic acids is 1. The minimum Gasteiger partial charge on any atom is -0.462 e. The van der Waals surface area contributed by atoms with Crippen LogP contribution in [0.25, 0.3) is 32.9 Å². The van der Waals surface area contributed by atoms with E-state index in [9.17, 15) is 4.79 Å². The largest absolute Gasteiger partial charge is 0.462 e. The Labute approximate surface area is 246 Å². The first kappa shape index (κ1) is 27.0. The molecule has 5 heterocycles. The van der Waals surface area contributed by atoms with E-state index in [0.29, 0.717) is 54.9 Å². The molecule has 3 aliphatic rings. The molecule has 12 heteroatoms. The van der Waals surface area contributed by atoms with Gasteiger partial charge in [0.15, 0.2) is 5.82 Å². The molecule has 3 saturated heterocycles. The molecule has 4 aromatic rings. The number of hydrogen-bond acceptors (Lipinski definition) is 7. The van der Waals surface area contributed by atoms with Crippen LogP contribution in [0.4, 0.5) is 14.6 Å². The van der Waals surface area contributed by atoms with Crippen molar-refractivity contribution in [3.05, 3.63) is 53.7 Å². The van der Waals surface area contributed by atoms with E-state index in [1.165, 1.54) is 16.8 Å². The monoisotopic (exact) mass is 593 g/mol. The highest BCUT2D eigenvalue weighted by molar-refractivity contribution is 6.35. The van der Waals surface area contributed by atoms with Crippen LogP contribution in [0.2, 0.25) is 5.02 Å². The van der Waals surface area contributed by atoms with Crippen molar-refractivity contribution in [3.63, 3.8) is 0 Å². The van der Waals surface area contributed by atoms with Crippen LogP contribution in [0, 0.1) is 17.0 Å². The minimum absolute atomic E-state index is 0.00534. The summed E-state index contributed by atoms with van der Waals surface area (Å²) in [5.74, 6) is -0.954. The van der Waals surface area contributed by atoms with E-state index in [-0.39, 0.29) is 45.0 Å². The molecule has 7 rings (SSSR count). The maximum Gasteiger partial charge on any atom is 0.319 e. The quantitative estimate of drug-likeness (QED) is 0.306. The van der Waals surface area contributed by atoms with Crippen LogP contribution in [0.5, 0.6) is 6.01 Å². The first-order valence-electron chi connectivity index (χ1n) is 14.0. The normalized spacial score (nSPS) is 19.9. The van der Waals surface area contributed by atoms with E-state index < -0.39 is 11.6 Å². The SMILES string of the molecule is C=CC(=O)N1CC2(C1)CN(c1nc(OC[C@@H]3CCCN3C)nc3c(F)c(-c4c(F)ccc5cnn(C)c45)c(Cl)cc13)C2. The number of aromatic nitrogens is 4. The van der Waals surface area contributed by atoms with Crippen LogP contribution in [-0.4, -0.2) is 87.9 Å². The lowest BCUT2D eigenvalue weighted by Crippen LogP contribution is -2.73. The summed E-state index contributed by atoms with van der Waals surface area (Å²) >= 11 is 6.74. The molecule has 1 atom stereocenters. The number of rotatable bonds is 6. The standard InChI is InChI=1S/C30H30ClF2N7O2/c1-4-22(41)39-13-30(14-39)15-40(16-30)28-19-10-20(31)23(24-21(32)8-7-17-11-34-38(3)27(17)24)25(33)26(19)35-29(36-28)42-12-18-6-5-9-37(18)2/h4,7-8,10-11,18H,1,5-6,9,12-16H2,2-3H3/t18-/m0/s1. The highest BCUT2D eigenvalue weighted by atomic mass is 35.5. The van der Waals surface area contributed by atoms with Gasteiger partial charge >= 0.3 is 6.01 Å². The summed E-state index contributed by atoms with van der Waals surface area (Å²) in [7, 11) is 3.72. The summed E-state index contributed by atoms with van der Waals surface area (Å²) in [5.41, 5.74) is 0.324. The lowest BCUT2D eigenvalue weighted by Gasteiger charge is -2.60. The Bertz CT molecular complexity index is 1760.